The van der Waals surface area contributed by atoms with Crippen molar-refractivity contribution < 1.29 is 14.3 Å². The highest BCUT2D eigenvalue weighted by Crippen LogP contribution is 2.21. The third-order valence-corrected chi connectivity index (χ3v) is 4.53. The van der Waals surface area contributed by atoms with Crippen molar-refractivity contribution in [2.24, 2.45) is 0 Å². The minimum absolute atomic E-state index is 0.0620. The van der Waals surface area contributed by atoms with Crippen molar-refractivity contribution in [3.63, 3.8) is 0 Å². The van der Waals surface area contributed by atoms with Crippen molar-refractivity contribution >= 4 is 5.91 Å². The Hall–Kier alpha value is -2.33. The maximum absolute atomic E-state index is 12.6. The van der Waals surface area contributed by atoms with Gasteiger partial charge in [0.15, 0.2) is 0 Å². The fourth-order valence-corrected chi connectivity index (χ4v) is 2.87. The zero-order valence-corrected chi connectivity index (χ0v) is 16.7. The standard InChI is InChI=1S/C23H31NO3/c1-4-5-15-27-17-21-16-20(13-14-22(21)26-3)23(25)24-18(2)11-12-19-9-7-6-8-10-19/h6-10,13-14,16,18H,4-5,11-12,15,17H2,1-3H3,(H,24,25). The van der Waals surface area contributed by atoms with Gasteiger partial charge in [0.2, 0.25) is 0 Å². The molecule has 2 rings (SSSR count). The average Bonchev–Trinajstić information content (AvgIpc) is 2.70. The lowest BCUT2D eigenvalue weighted by Crippen LogP contribution is -2.33. The van der Waals surface area contributed by atoms with Gasteiger partial charge < -0.3 is 14.8 Å². The minimum atomic E-state index is -0.0620. The Morgan fingerprint density at radius 2 is 1.93 bits per heavy atom. The molecule has 2 aromatic rings. The van der Waals surface area contributed by atoms with E-state index in [4.69, 9.17) is 9.47 Å². The van der Waals surface area contributed by atoms with Crippen LogP contribution in [0.1, 0.15) is 54.6 Å². The number of ether oxygens (including phenoxy) is 2. The first-order valence-corrected chi connectivity index (χ1v) is 9.73. The van der Waals surface area contributed by atoms with E-state index in [1.54, 1.807) is 13.2 Å². The smallest absolute Gasteiger partial charge is 0.251 e. The molecule has 0 saturated carbocycles. The molecule has 27 heavy (non-hydrogen) atoms. The van der Waals surface area contributed by atoms with Gasteiger partial charge in [0.25, 0.3) is 5.91 Å². The molecule has 0 radical (unpaired) electrons. The van der Waals surface area contributed by atoms with Crippen LogP contribution in [0, 0.1) is 0 Å². The normalized spacial score (nSPS) is 11.8. The molecule has 0 aromatic heterocycles. The molecule has 4 heteroatoms. The summed E-state index contributed by atoms with van der Waals surface area (Å²) in [5.41, 5.74) is 2.82. The van der Waals surface area contributed by atoms with E-state index < -0.39 is 0 Å². The molecule has 0 bridgehead atoms. The highest BCUT2D eigenvalue weighted by Gasteiger charge is 2.13. The summed E-state index contributed by atoms with van der Waals surface area (Å²) in [5.74, 6) is 0.688. The Labute approximate surface area is 162 Å². The molecule has 0 saturated heterocycles. The van der Waals surface area contributed by atoms with E-state index in [0.717, 1.165) is 37.0 Å². The Morgan fingerprint density at radius 1 is 1.15 bits per heavy atom. The molecule has 2 aromatic carbocycles. The third kappa shape index (κ3) is 7.06. The summed E-state index contributed by atoms with van der Waals surface area (Å²) >= 11 is 0. The molecule has 0 spiro atoms. The lowest BCUT2D eigenvalue weighted by atomic mass is 10.1. The second-order valence-electron chi connectivity index (χ2n) is 6.83. The fourth-order valence-electron chi connectivity index (χ4n) is 2.87. The van der Waals surface area contributed by atoms with Gasteiger partial charge >= 0.3 is 0 Å². The van der Waals surface area contributed by atoms with E-state index in [9.17, 15) is 4.79 Å². The Kier molecular flexibility index (Phi) is 8.85. The SMILES string of the molecule is CCCCOCc1cc(C(=O)NC(C)CCc2ccccc2)ccc1OC. The summed E-state index contributed by atoms with van der Waals surface area (Å²) < 4.78 is 11.1. The predicted molar refractivity (Wildman–Crippen MR) is 109 cm³/mol. The number of rotatable bonds is 11. The lowest BCUT2D eigenvalue weighted by Gasteiger charge is -2.15. The number of methoxy groups -OCH3 is 1. The number of hydrogen-bond acceptors (Lipinski definition) is 3. The van der Waals surface area contributed by atoms with E-state index in [2.05, 4.69) is 24.4 Å². The van der Waals surface area contributed by atoms with E-state index in [1.807, 2.05) is 37.3 Å². The van der Waals surface area contributed by atoms with Crippen molar-refractivity contribution in [3.8, 4) is 5.75 Å². The Balaban J connectivity index is 1.92. The molecule has 4 nitrogen and oxygen atoms in total. The summed E-state index contributed by atoms with van der Waals surface area (Å²) in [7, 11) is 1.64. The first-order valence-electron chi connectivity index (χ1n) is 9.73. The number of benzene rings is 2. The zero-order chi connectivity index (χ0) is 19.5. The van der Waals surface area contributed by atoms with Crippen molar-refractivity contribution in [2.75, 3.05) is 13.7 Å². The van der Waals surface area contributed by atoms with Crippen LogP contribution in [0.15, 0.2) is 48.5 Å². The van der Waals surface area contributed by atoms with Gasteiger partial charge in [0, 0.05) is 23.8 Å². The van der Waals surface area contributed by atoms with Gasteiger partial charge in [-0.15, -0.1) is 0 Å². The van der Waals surface area contributed by atoms with Gasteiger partial charge in [0.1, 0.15) is 5.75 Å². The van der Waals surface area contributed by atoms with Crippen LogP contribution in [-0.4, -0.2) is 25.7 Å². The van der Waals surface area contributed by atoms with E-state index in [-0.39, 0.29) is 11.9 Å². The van der Waals surface area contributed by atoms with Crippen molar-refractivity contribution in [1.29, 1.82) is 0 Å². The molecule has 0 aliphatic rings. The van der Waals surface area contributed by atoms with E-state index >= 15 is 0 Å². The van der Waals surface area contributed by atoms with E-state index in [0.29, 0.717) is 18.8 Å². The highest BCUT2D eigenvalue weighted by molar-refractivity contribution is 5.94. The first-order chi connectivity index (χ1) is 13.1. The molecular weight excluding hydrogens is 338 g/mol. The summed E-state index contributed by atoms with van der Waals surface area (Å²) in [5, 5.41) is 3.09. The second kappa shape index (κ2) is 11.4. The summed E-state index contributed by atoms with van der Waals surface area (Å²) in [6.07, 6.45) is 3.97. The molecular formula is C23H31NO3. The van der Waals surface area contributed by atoms with Gasteiger partial charge in [-0.25, -0.2) is 0 Å². The monoisotopic (exact) mass is 369 g/mol. The van der Waals surface area contributed by atoms with Crippen LogP contribution in [0.2, 0.25) is 0 Å². The van der Waals surface area contributed by atoms with Crippen LogP contribution in [0.4, 0.5) is 0 Å². The topological polar surface area (TPSA) is 47.6 Å². The van der Waals surface area contributed by atoms with Crippen LogP contribution in [0.3, 0.4) is 0 Å². The van der Waals surface area contributed by atoms with Crippen LogP contribution in [0.25, 0.3) is 0 Å². The Bertz CT molecular complexity index is 700. The number of carbonyl (C=O) groups is 1. The highest BCUT2D eigenvalue weighted by atomic mass is 16.5. The number of aryl methyl sites for hydroxylation is 1. The van der Waals surface area contributed by atoms with E-state index in [1.165, 1.54) is 5.56 Å². The third-order valence-electron chi connectivity index (χ3n) is 4.53. The summed E-state index contributed by atoms with van der Waals surface area (Å²) in [6.45, 7) is 5.34. The Morgan fingerprint density at radius 3 is 2.63 bits per heavy atom. The molecule has 0 fully saturated rings. The lowest BCUT2D eigenvalue weighted by molar-refractivity contribution is 0.0937. The number of hydrogen-bond donors (Lipinski definition) is 1. The van der Waals surface area contributed by atoms with Gasteiger partial charge in [-0.2, -0.15) is 0 Å². The number of amides is 1. The average molecular weight is 370 g/mol. The molecule has 1 N–H and O–H groups in total. The van der Waals surface area contributed by atoms with Crippen molar-refractivity contribution in [1.82, 2.24) is 5.32 Å². The fraction of sp³-hybridized carbons (Fsp3) is 0.435. The number of carbonyl (C=O) groups excluding carboxylic acids is 1. The summed E-state index contributed by atoms with van der Waals surface area (Å²) in [6, 6.07) is 15.9. The van der Waals surface area contributed by atoms with Crippen molar-refractivity contribution in [2.45, 2.75) is 52.2 Å². The van der Waals surface area contributed by atoms with Crippen LogP contribution < -0.4 is 10.1 Å². The molecule has 146 valence electrons. The maximum Gasteiger partial charge on any atom is 0.251 e. The van der Waals surface area contributed by atoms with Gasteiger partial charge in [-0.05, 0) is 49.9 Å². The maximum atomic E-state index is 12.6. The molecule has 1 unspecified atom stereocenters. The molecule has 1 atom stereocenters. The van der Waals surface area contributed by atoms with Crippen LogP contribution >= 0.6 is 0 Å². The predicted octanol–water partition coefficient (Wildman–Crippen LogP) is 4.76. The molecule has 1 amide bonds. The minimum Gasteiger partial charge on any atom is -0.496 e. The largest absolute Gasteiger partial charge is 0.496 e. The first kappa shape index (κ1) is 21.0. The quantitative estimate of drug-likeness (QED) is 0.581. The zero-order valence-electron chi connectivity index (χ0n) is 16.7. The van der Waals surface area contributed by atoms with Gasteiger partial charge in [0.05, 0.1) is 13.7 Å². The number of unbranched alkanes of at least 4 members (excludes halogenated alkanes) is 1. The number of nitrogens with one attached hydrogen (secondary N) is 1. The molecule has 0 heterocycles. The van der Waals surface area contributed by atoms with Gasteiger partial charge in [-0.3, -0.25) is 4.79 Å². The van der Waals surface area contributed by atoms with Crippen LogP contribution in [-0.2, 0) is 17.8 Å². The van der Waals surface area contributed by atoms with Crippen LogP contribution in [0.5, 0.6) is 5.75 Å². The molecule has 0 aliphatic heterocycles. The van der Waals surface area contributed by atoms with Crippen molar-refractivity contribution in [3.05, 3.63) is 65.2 Å². The molecule has 0 aliphatic carbocycles. The second-order valence-corrected chi connectivity index (χ2v) is 6.83. The summed E-state index contributed by atoms with van der Waals surface area (Å²) in [4.78, 5) is 12.6. The van der Waals surface area contributed by atoms with Gasteiger partial charge in [-0.1, -0.05) is 43.7 Å².